The van der Waals surface area contributed by atoms with Crippen molar-refractivity contribution in [1.29, 1.82) is 0 Å². The van der Waals surface area contributed by atoms with E-state index in [1.54, 1.807) is 0 Å². The van der Waals surface area contributed by atoms with E-state index in [9.17, 15) is 14.4 Å². The van der Waals surface area contributed by atoms with Crippen molar-refractivity contribution >= 4 is 17.9 Å². The predicted octanol–water partition coefficient (Wildman–Crippen LogP) is 16.6. The minimum atomic E-state index is -0.765. The van der Waals surface area contributed by atoms with E-state index in [1.807, 2.05) is 0 Å². The van der Waals surface area contributed by atoms with Gasteiger partial charge in [-0.1, -0.05) is 232 Å². The minimum absolute atomic E-state index is 0.0673. The van der Waals surface area contributed by atoms with E-state index >= 15 is 0 Å². The average molecular weight is 819 g/mol. The van der Waals surface area contributed by atoms with Gasteiger partial charge in [-0.25, -0.2) is 0 Å². The zero-order chi connectivity index (χ0) is 42.3. The molecule has 0 aromatic carbocycles. The van der Waals surface area contributed by atoms with E-state index in [1.165, 1.54) is 180 Å². The van der Waals surface area contributed by atoms with Crippen molar-refractivity contribution in [1.82, 2.24) is 0 Å². The van der Waals surface area contributed by atoms with Gasteiger partial charge in [0.05, 0.1) is 0 Å². The molecule has 0 fully saturated rings. The molecule has 0 spiro atoms. The van der Waals surface area contributed by atoms with Gasteiger partial charge in [0, 0.05) is 19.3 Å². The van der Waals surface area contributed by atoms with Crippen LogP contribution in [0.4, 0.5) is 0 Å². The number of esters is 3. The molecule has 0 radical (unpaired) electrons. The molecule has 0 amide bonds. The van der Waals surface area contributed by atoms with Crippen LogP contribution in [0.2, 0.25) is 0 Å². The monoisotopic (exact) mass is 819 g/mol. The van der Waals surface area contributed by atoms with Gasteiger partial charge in [-0.2, -0.15) is 0 Å². The maximum absolute atomic E-state index is 12.8. The third kappa shape index (κ3) is 45.2. The number of unbranched alkanes of at least 4 members (excludes halogenated alkanes) is 34. The zero-order valence-electron chi connectivity index (χ0n) is 39.1. The number of ether oxygens (including phenoxy) is 3. The van der Waals surface area contributed by atoms with Crippen LogP contribution < -0.4 is 0 Å². The lowest BCUT2D eigenvalue weighted by Crippen LogP contribution is -2.30. The van der Waals surface area contributed by atoms with Crippen LogP contribution in [0.25, 0.3) is 0 Å². The normalized spacial score (nSPS) is 12.0. The van der Waals surface area contributed by atoms with E-state index in [0.29, 0.717) is 19.3 Å². The predicted molar refractivity (Wildman–Crippen MR) is 247 cm³/mol. The summed E-state index contributed by atoms with van der Waals surface area (Å²) >= 11 is 0. The van der Waals surface area contributed by atoms with Gasteiger partial charge in [-0.3, -0.25) is 14.4 Å². The highest BCUT2D eigenvalue weighted by molar-refractivity contribution is 5.71. The first-order valence-corrected chi connectivity index (χ1v) is 25.7. The topological polar surface area (TPSA) is 78.9 Å². The van der Waals surface area contributed by atoms with Crippen LogP contribution in [0, 0.1) is 0 Å². The van der Waals surface area contributed by atoms with Crippen molar-refractivity contribution in [3.63, 3.8) is 0 Å². The van der Waals surface area contributed by atoms with Crippen molar-refractivity contribution in [3.8, 4) is 0 Å². The van der Waals surface area contributed by atoms with Crippen LogP contribution in [0.5, 0.6) is 0 Å². The SMILES string of the molecule is CCCCCCCC/C=C\CCCCCCCC(=O)OCC(COC(=O)CCCCCCCCCCCCCC)OC(=O)CCCCCCCCCCCCCCC. The first-order valence-electron chi connectivity index (χ1n) is 25.7. The summed E-state index contributed by atoms with van der Waals surface area (Å²) in [7, 11) is 0. The van der Waals surface area contributed by atoms with Crippen LogP contribution in [-0.4, -0.2) is 37.2 Å². The highest BCUT2D eigenvalue weighted by Gasteiger charge is 2.19. The number of hydrogen-bond donors (Lipinski definition) is 0. The van der Waals surface area contributed by atoms with Gasteiger partial charge in [0.1, 0.15) is 13.2 Å². The van der Waals surface area contributed by atoms with Gasteiger partial charge in [0.15, 0.2) is 6.10 Å². The molecular formula is C52H98O6. The van der Waals surface area contributed by atoms with Gasteiger partial charge in [0.25, 0.3) is 0 Å². The maximum Gasteiger partial charge on any atom is 0.306 e. The fraction of sp³-hybridized carbons (Fsp3) is 0.904. The molecule has 0 heterocycles. The Hall–Kier alpha value is -1.85. The van der Waals surface area contributed by atoms with Gasteiger partial charge >= 0.3 is 17.9 Å². The molecule has 0 aliphatic heterocycles. The molecule has 58 heavy (non-hydrogen) atoms. The second-order valence-electron chi connectivity index (χ2n) is 17.4. The van der Waals surface area contributed by atoms with Gasteiger partial charge in [-0.05, 0) is 44.9 Å². The Morgan fingerprint density at radius 3 is 0.862 bits per heavy atom. The lowest BCUT2D eigenvalue weighted by molar-refractivity contribution is -0.167. The van der Waals surface area contributed by atoms with Crippen LogP contribution in [0.1, 0.15) is 284 Å². The molecule has 0 bridgehead atoms. The molecule has 0 aromatic rings. The highest BCUT2D eigenvalue weighted by Crippen LogP contribution is 2.16. The Morgan fingerprint density at radius 1 is 0.328 bits per heavy atom. The molecule has 1 unspecified atom stereocenters. The lowest BCUT2D eigenvalue weighted by Gasteiger charge is -2.18. The Labute approximate surface area is 360 Å². The fourth-order valence-corrected chi connectivity index (χ4v) is 7.61. The molecule has 0 aromatic heterocycles. The quantitative estimate of drug-likeness (QED) is 0.0263. The molecule has 0 N–H and O–H groups in total. The summed E-state index contributed by atoms with van der Waals surface area (Å²) in [6, 6.07) is 0. The molecular weight excluding hydrogens is 721 g/mol. The Balaban J connectivity index is 4.33. The smallest absolute Gasteiger partial charge is 0.306 e. The minimum Gasteiger partial charge on any atom is -0.462 e. The summed E-state index contributed by atoms with van der Waals surface area (Å²) in [6.07, 6.45) is 51.9. The van der Waals surface area contributed by atoms with Crippen LogP contribution in [0.3, 0.4) is 0 Å². The molecule has 6 nitrogen and oxygen atoms in total. The Kier molecular flexibility index (Phi) is 46.3. The summed E-state index contributed by atoms with van der Waals surface area (Å²) < 4.78 is 16.8. The summed E-state index contributed by atoms with van der Waals surface area (Å²) in [5.74, 6) is -0.861. The second kappa shape index (κ2) is 47.8. The second-order valence-corrected chi connectivity index (χ2v) is 17.4. The third-order valence-electron chi connectivity index (χ3n) is 11.5. The van der Waals surface area contributed by atoms with Crippen molar-refractivity contribution in [2.75, 3.05) is 13.2 Å². The Bertz CT molecular complexity index is 900. The van der Waals surface area contributed by atoms with E-state index in [2.05, 4.69) is 32.9 Å². The molecule has 342 valence electrons. The molecule has 0 rings (SSSR count). The average Bonchev–Trinajstić information content (AvgIpc) is 3.22. The molecule has 0 saturated carbocycles. The van der Waals surface area contributed by atoms with Crippen molar-refractivity contribution in [2.24, 2.45) is 0 Å². The maximum atomic E-state index is 12.8. The number of allylic oxidation sites excluding steroid dienone is 2. The largest absolute Gasteiger partial charge is 0.462 e. The molecule has 0 aliphatic carbocycles. The highest BCUT2D eigenvalue weighted by atomic mass is 16.6. The van der Waals surface area contributed by atoms with E-state index in [0.717, 1.165) is 64.2 Å². The van der Waals surface area contributed by atoms with Crippen LogP contribution in [-0.2, 0) is 28.6 Å². The van der Waals surface area contributed by atoms with Crippen molar-refractivity contribution in [2.45, 2.75) is 290 Å². The van der Waals surface area contributed by atoms with Gasteiger partial charge in [0.2, 0.25) is 0 Å². The third-order valence-corrected chi connectivity index (χ3v) is 11.5. The number of rotatable bonds is 47. The van der Waals surface area contributed by atoms with Crippen molar-refractivity contribution in [3.05, 3.63) is 12.2 Å². The van der Waals surface area contributed by atoms with Gasteiger partial charge in [-0.15, -0.1) is 0 Å². The summed E-state index contributed by atoms with van der Waals surface area (Å²) in [6.45, 7) is 6.65. The first-order chi connectivity index (χ1) is 28.5. The molecule has 6 heteroatoms. The number of carbonyl (C=O) groups is 3. The summed E-state index contributed by atoms with van der Waals surface area (Å²) in [5.41, 5.74) is 0. The van der Waals surface area contributed by atoms with E-state index in [4.69, 9.17) is 14.2 Å². The standard InChI is InChI=1S/C52H98O6/c1-4-7-10-13-16-19-22-25-26-28-30-33-36-39-42-45-51(54)57-48-49(47-56-50(53)44-41-38-35-32-29-24-21-18-15-12-9-6-3)58-52(55)46-43-40-37-34-31-27-23-20-17-14-11-8-5-2/h25-26,49H,4-24,27-48H2,1-3H3/b26-25-. The lowest BCUT2D eigenvalue weighted by atomic mass is 10.0. The Morgan fingerprint density at radius 2 is 0.569 bits per heavy atom. The summed E-state index contributed by atoms with van der Waals surface area (Å²) in [4.78, 5) is 37.9. The van der Waals surface area contributed by atoms with E-state index in [-0.39, 0.29) is 31.1 Å². The number of carbonyl (C=O) groups excluding carboxylic acids is 3. The molecule has 1 atom stereocenters. The summed E-state index contributed by atoms with van der Waals surface area (Å²) in [5, 5.41) is 0. The van der Waals surface area contributed by atoms with Crippen LogP contribution >= 0.6 is 0 Å². The molecule has 0 saturated heterocycles. The molecule has 0 aliphatic rings. The first kappa shape index (κ1) is 56.1. The van der Waals surface area contributed by atoms with Gasteiger partial charge < -0.3 is 14.2 Å². The number of hydrogen-bond acceptors (Lipinski definition) is 6. The van der Waals surface area contributed by atoms with Crippen molar-refractivity contribution < 1.29 is 28.6 Å². The zero-order valence-corrected chi connectivity index (χ0v) is 39.1. The fourth-order valence-electron chi connectivity index (χ4n) is 7.61. The van der Waals surface area contributed by atoms with E-state index < -0.39 is 6.10 Å². The van der Waals surface area contributed by atoms with Crippen LogP contribution in [0.15, 0.2) is 12.2 Å².